The molecule has 0 saturated carbocycles. The Morgan fingerprint density at radius 3 is 2.45 bits per heavy atom. The monoisotopic (exact) mass is 424 g/mol. The van der Waals surface area contributed by atoms with Crippen molar-refractivity contribution >= 4 is 17.5 Å². The van der Waals surface area contributed by atoms with Gasteiger partial charge in [0.15, 0.2) is 13.6 Å². The molecule has 7 nitrogen and oxygen atoms in total. The molecule has 0 aliphatic carbocycles. The number of hydrogen-bond donors (Lipinski definition) is 0. The normalized spacial score (nSPS) is 19.3. The molecule has 8 heteroatoms. The molecular weight excluding hydrogens is 396 g/mol. The largest absolute Gasteiger partial charge is 0.467 e. The summed E-state index contributed by atoms with van der Waals surface area (Å²) in [7, 11) is 3.05. The van der Waals surface area contributed by atoms with Crippen LogP contribution in [0.1, 0.15) is 36.0 Å². The Kier molecular flexibility index (Phi) is 8.03. The number of halogens is 1. The third-order valence-electron chi connectivity index (χ3n) is 5.15. The number of carbonyl (C=O) groups is 1. The van der Waals surface area contributed by atoms with Crippen LogP contribution in [0.4, 0.5) is 0 Å². The van der Waals surface area contributed by atoms with Gasteiger partial charge >= 0.3 is 0 Å². The van der Waals surface area contributed by atoms with Crippen molar-refractivity contribution in [2.24, 2.45) is 0 Å². The maximum Gasteiger partial charge on any atom is 0.258 e. The Morgan fingerprint density at radius 1 is 1.07 bits per heavy atom. The van der Waals surface area contributed by atoms with Crippen LogP contribution >= 0.6 is 11.6 Å². The van der Waals surface area contributed by atoms with Gasteiger partial charge in [-0.3, -0.25) is 4.79 Å². The number of likely N-dealkylation sites (tertiary alicyclic amines) is 2. The minimum atomic E-state index is -0.107. The molecule has 1 atom stereocenters. The van der Waals surface area contributed by atoms with Gasteiger partial charge in [-0.2, -0.15) is 0 Å². The number of nitrogens with zero attached hydrogens (tertiary/aromatic N) is 2. The van der Waals surface area contributed by atoms with Gasteiger partial charge in [0, 0.05) is 39.9 Å². The molecular formula is C21H29ClN2O5. The van der Waals surface area contributed by atoms with Crippen molar-refractivity contribution in [1.82, 2.24) is 9.80 Å². The topological polar surface area (TPSA) is 60.5 Å². The van der Waals surface area contributed by atoms with Crippen molar-refractivity contribution in [1.29, 1.82) is 0 Å². The zero-order valence-electron chi connectivity index (χ0n) is 17.1. The van der Waals surface area contributed by atoms with E-state index in [-0.39, 0.29) is 25.5 Å². The summed E-state index contributed by atoms with van der Waals surface area (Å²) in [4.78, 5) is 17.5. The number of hydrogen-bond acceptors (Lipinski definition) is 6. The van der Waals surface area contributed by atoms with E-state index in [1.165, 1.54) is 27.1 Å². The first-order valence-corrected chi connectivity index (χ1v) is 10.3. The van der Waals surface area contributed by atoms with E-state index in [2.05, 4.69) is 17.2 Å². The molecule has 2 saturated heterocycles. The molecule has 29 heavy (non-hydrogen) atoms. The third-order valence-corrected chi connectivity index (χ3v) is 5.44. The lowest BCUT2D eigenvalue weighted by Crippen LogP contribution is -2.35. The highest BCUT2D eigenvalue weighted by molar-refractivity contribution is 6.32. The molecule has 2 heterocycles. The summed E-state index contributed by atoms with van der Waals surface area (Å²) in [6, 6.07) is 3.28. The highest BCUT2D eigenvalue weighted by atomic mass is 35.5. The van der Waals surface area contributed by atoms with Gasteiger partial charge in [-0.25, -0.2) is 0 Å². The molecule has 0 radical (unpaired) electrons. The fourth-order valence-corrected chi connectivity index (χ4v) is 3.91. The lowest BCUT2D eigenvalue weighted by molar-refractivity contribution is 0.0449. The molecule has 0 bridgehead atoms. The number of methoxy groups -OCH3 is 2. The number of benzene rings is 1. The van der Waals surface area contributed by atoms with Crippen molar-refractivity contribution in [3.8, 4) is 11.5 Å². The number of rotatable bonds is 9. The molecule has 2 aliphatic rings. The van der Waals surface area contributed by atoms with E-state index >= 15 is 0 Å². The quantitative estimate of drug-likeness (QED) is 0.565. The second kappa shape index (κ2) is 10.7. The fourth-order valence-electron chi connectivity index (χ4n) is 3.69. The Hall–Kier alpha value is -1.96. The van der Waals surface area contributed by atoms with Crippen LogP contribution in [0, 0.1) is 0 Å². The van der Waals surface area contributed by atoms with E-state index in [1.54, 1.807) is 12.1 Å². The van der Waals surface area contributed by atoms with E-state index in [0.29, 0.717) is 28.6 Å². The minimum Gasteiger partial charge on any atom is -0.467 e. The molecule has 1 amide bonds. The van der Waals surface area contributed by atoms with Gasteiger partial charge < -0.3 is 28.7 Å². The number of carbonyl (C=O) groups excluding carboxylic acids is 1. The maximum atomic E-state index is 13.3. The van der Waals surface area contributed by atoms with Crippen LogP contribution in [0.3, 0.4) is 0 Å². The van der Waals surface area contributed by atoms with Crippen LogP contribution in [-0.2, 0) is 9.47 Å². The van der Waals surface area contributed by atoms with Crippen molar-refractivity contribution in [2.75, 3.05) is 47.4 Å². The summed E-state index contributed by atoms with van der Waals surface area (Å²) in [5, 5.41) is 0.332. The minimum absolute atomic E-state index is 0.0178. The maximum absolute atomic E-state index is 13.3. The van der Waals surface area contributed by atoms with Crippen LogP contribution in [0.2, 0.25) is 5.02 Å². The summed E-state index contributed by atoms with van der Waals surface area (Å²) in [6.45, 7) is 2.95. The molecule has 1 aromatic rings. The smallest absolute Gasteiger partial charge is 0.258 e. The zero-order valence-corrected chi connectivity index (χ0v) is 17.8. The fraction of sp³-hybridized carbons (Fsp3) is 0.571. The average molecular weight is 425 g/mol. The first-order chi connectivity index (χ1) is 14.1. The van der Waals surface area contributed by atoms with Crippen LogP contribution in [-0.4, -0.2) is 69.2 Å². The van der Waals surface area contributed by atoms with Gasteiger partial charge in [0.25, 0.3) is 5.91 Å². The SMILES string of the molecule is COCOc1cc(OCOC)c(C(=O)N2CCC[C@@H]2/C=C/N2CCCC2)cc1Cl. The van der Waals surface area contributed by atoms with Crippen molar-refractivity contribution in [2.45, 2.75) is 31.7 Å². The zero-order chi connectivity index (χ0) is 20.6. The first-order valence-electron chi connectivity index (χ1n) is 9.94. The standard InChI is InChI=1S/C21H29ClN2O5/c1-26-14-28-19-13-20(29-15-27-2)18(22)12-17(19)21(25)24-10-5-6-16(24)7-11-23-8-3-4-9-23/h7,11-13,16H,3-6,8-10,14-15H2,1-2H3/b11-7+/t16-/m1/s1. The number of ether oxygens (including phenoxy) is 4. The molecule has 3 rings (SSSR count). The summed E-state index contributed by atoms with van der Waals surface area (Å²) in [5.41, 5.74) is 0.401. The molecule has 1 aromatic carbocycles. The predicted molar refractivity (Wildman–Crippen MR) is 110 cm³/mol. The van der Waals surface area contributed by atoms with E-state index in [1.807, 2.05) is 4.90 Å². The van der Waals surface area contributed by atoms with E-state index < -0.39 is 0 Å². The molecule has 0 N–H and O–H groups in total. The number of amides is 1. The van der Waals surface area contributed by atoms with Crippen LogP contribution in [0.15, 0.2) is 24.4 Å². The second-order valence-corrected chi connectivity index (χ2v) is 7.58. The molecule has 160 valence electrons. The summed E-state index contributed by atoms with van der Waals surface area (Å²) in [5.74, 6) is 0.662. The van der Waals surface area contributed by atoms with E-state index in [9.17, 15) is 4.79 Å². The van der Waals surface area contributed by atoms with Gasteiger partial charge in [0.1, 0.15) is 11.5 Å². The Labute approximate surface area is 177 Å². The summed E-state index contributed by atoms with van der Waals surface area (Å²) in [6.07, 6.45) is 8.66. The first kappa shape index (κ1) is 21.7. The van der Waals surface area contributed by atoms with Crippen LogP contribution in [0.5, 0.6) is 11.5 Å². The Morgan fingerprint density at radius 2 is 1.76 bits per heavy atom. The Balaban J connectivity index is 1.80. The van der Waals surface area contributed by atoms with Gasteiger partial charge in [-0.1, -0.05) is 11.6 Å². The molecule has 2 aliphatic heterocycles. The lowest BCUT2D eigenvalue weighted by atomic mass is 10.1. The van der Waals surface area contributed by atoms with Gasteiger partial charge in [0.05, 0.1) is 16.6 Å². The van der Waals surface area contributed by atoms with Gasteiger partial charge in [0.2, 0.25) is 0 Å². The molecule has 0 unspecified atom stereocenters. The van der Waals surface area contributed by atoms with Crippen molar-refractivity contribution in [3.05, 3.63) is 35.0 Å². The summed E-state index contributed by atoms with van der Waals surface area (Å²) < 4.78 is 21.1. The molecule has 0 aromatic heterocycles. The highest BCUT2D eigenvalue weighted by Gasteiger charge is 2.30. The highest BCUT2D eigenvalue weighted by Crippen LogP contribution is 2.35. The molecule has 0 spiro atoms. The Bertz CT molecular complexity index is 721. The van der Waals surface area contributed by atoms with Gasteiger partial charge in [-0.05, 0) is 44.0 Å². The average Bonchev–Trinajstić information content (AvgIpc) is 3.41. The van der Waals surface area contributed by atoms with Gasteiger partial charge in [-0.15, -0.1) is 0 Å². The second-order valence-electron chi connectivity index (χ2n) is 7.17. The van der Waals surface area contributed by atoms with Crippen molar-refractivity contribution in [3.63, 3.8) is 0 Å². The summed E-state index contributed by atoms with van der Waals surface area (Å²) >= 11 is 6.35. The third kappa shape index (κ3) is 5.56. The van der Waals surface area contributed by atoms with Crippen LogP contribution in [0.25, 0.3) is 0 Å². The van der Waals surface area contributed by atoms with Crippen LogP contribution < -0.4 is 9.47 Å². The predicted octanol–water partition coefficient (Wildman–Crippen LogP) is 3.52. The van der Waals surface area contributed by atoms with E-state index in [0.717, 1.165) is 25.9 Å². The van der Waals surface area contributed by atoms with Crippen molar-refractivity contribution < 1.29 is 23.7 Å². The van der Waals surface area contributed by atoms with E-state index in [4.69, 9.17) is 30.5 Å². The molecule has 2 fully saturated rings. The lowest BCUT2D eigenvalue weighted by Gasteiger charge is -2.24.